The van der Waals surface area contributed by atoms with Crippen LogP contribution >= 0.6 is 0 Å². The van der Waals surface area contributed by atoms with E-state index in [2.05, 4.69) is 17.4 Å². The zero-order chi connectivity index (χ0) is 24.3. The molecule has 1 aromatic carbocycles. The molecule has 182 valence electrons. The van der Waals surface area contributed by atoms with Gasteiger partial charge in [-0.2, -0.15) is 0 Å². The number of ether oxygens (including phenoxy) is 2. The molecule has 8 nitrogen and oxygen atoms in total. The molecule has 0 radical (unpaired) electrons. The Morgan fingerprint density at radius 2 is 1.85 bits per heavy atom. The second-order valence-corrected chi connectivity index (χ2v) is 10.1. The maximum atomic E-state index is 12.8. The number of benzene rings is 1. The van der Waals surface area contributed by atoms with Crippen molar-refractivity contribution in [1.82, 2.24) is 14.8 Å². The molecule has 1 saturated heterocycles. The van der Waals surface area contributed by atoms with E-state index in [9.17, 15) is 14.4 Å². The summed E-state index contributed by atoms with van der Waals surface area (Å²) < 4.78 is 12.7. The zero-order valence-electron chi connectivity index (χ0n) is 20.0. The summed E-state index contributed by atoms with van der Waals surface area (Å²) >= 11 is 0. The molecule has 1 aromatic heterocycles. The Hall–Kier alpha value is -3.13. The molecule has 1 atom stereocenters. The molecule has 1 N–H and O–H groups in total. The lowest BCUT2D eigenvalue weighted by atomic mass is 9.76. The van der Waals surface area contributed by atoms with Crippen LogP contribution in [0.25, 0.3) is 0 Å². The number of morpholine rings is 1. The lowest BCUT2D eigenvalue weighted by molar-refractivity contribution is -0.0475. The molecule has 1 saturated carbocycles. The van der Waals surface area contributed by atoms with Crippen molar-refractivity contribution < 1.29 is 19.1 Å². The monoisotopic (exact) mass is 467 g/mol. The first-order valence-corrected chi connectivity index (χ1v) is 11.8. The highest BCUT2D eigenvalue weighted by molar-refractivity contribution is 5.94. The number of carbonyl (C=O) groups excluding carboxylic acids is 2. The minimum atomic E-state index is -0.578. The molecular weight excluding hydrogens is 434 g/mol. The minimum Gasteiger partial charge on any atom is -0.444 e. The third kappa shape index (κ3) is 6.05. The van der Waals surface area contributed by atoms with Gasteiger partial charge in [0.1, 0.15) is 5.60 Å². The van der Waals surface area contributed by atoms with Crippen LogP contribution in [-0.2, 0) is 16.0 Å². The number of amides is 2. The summed E-state index contributed by atoms with van der Waals surface area (Å²) in [5.41, 5.74) is 0.935. The molecule has 0 unspecified atom stereocenters. The second-order valence-electron chi connectivity index (χ2n) is 10.1. The summed E-state index contributed by atoms with van der Waals surface area (Å²) in [4.78, 5) is 39.2. The molecule has 2 amide bonds. The van der Waals surface area contributed by atoms with Crippen molar-refractivity contribution >= 4 is 12.0 Å². The van der Waals surface area contributed by atoms with Crippen molar-refractivity contribution in [2.45, 2.75) is 63.8 Å². The average Bonchev–Trinajstić information content (AvgIpc) is 2.77. The van der Waals surface area contributed by atoms with Crippen LogP contribution in [0.2, 0.25) is 0 Å². The molecule has 8 heteroatoms. The Kier molecular flexibility index (Phi) is 7.07. The number of hydrogen-bond donors (Lipinski definition) is 1. The first-order valence-electron chi connectivity index (χ1n) is 11.8. The quantitative estimate of drug-likeness (QED) is 0.730. The summed E-state index contributed by atoms with van der Waals surface area (Å²) in [5.74, 6) is 0.280. The number of hydrogen-bond acceptors (Lipinski definition) is 5. The average molecular weight is 468 g/mol. The summed E-state index contributed by atoms with van der Waals surface area (Å²) in [6.07, 6.45) is 2.63. The van der Waals surface area contributed by atoms with E-state index in [0.717, 1.165) is 12.8 Å². The van der Waals surface area contributed by atoms with Crippen LogP contribution in [0.3, 0.4) is 0 Å². The van der Waals surface area contributed by atoms with Gasteiger partial charge in [0, 0.05) is 24.8 Å². The predicted octanol–water partition coefficient (Wildman–Crippen LogP) is 3.16. The highest BCUT2D eigenvalue weighted by Crippen LogP contribution is 2.36. The number of carbonyl (C=O) groups is 2. The van der Waals surface area contributed by atoms with Gasteiger partial charge in [0.2, 0.25) is 0 Å². The number of pyridine rings is 1. The molecule has 1 aliphatic heterocycles. The van der Waals surface area contributed by atoms with Gasteiger partial charge >= 0.3 is 6.09 Å². The van der Waals surface area contributed by atoms with Crippen LogP contribution in [0.1, 0.15) is 55.5 Å². The zero-order valence-corrected chi connectivity index (χ0v) is 20.0. The maximum Gasteiger partial charge on any atom is 0.410 e. The fourth-order valence-electron chi connectivity index (χ4n) is 4.35. The number of rotatable bonds is 5. The van der Waals surface area contributed by atoms with Crippen molar-refractivity contribution in [2.24, 2.45) is 0 Å². The van der Waals surface area contributed by atoms with Gasteiger partial charge in [-0.25, -0.2) is 4.79 Å². The normalized spacial score (nSPS) is 22.6. The smallest absolute Gasteiger partial charge is 0.410 e. The largest absolute Gasteiger partial charge is 0.444 e. The molecular formula is C26H33N3O5. The predicted molar refractivity (Wildman–Crippen MR) is 128 cm³/mol. The van der Waals surface area contributed by atoms with E-state index in [1.807, 2.05) is 39.0 Å². The second kappa shape index (κ2) is 10.0. The van der Waals surface area contributed by atoms with Crippen LogP contribution in [0.15, 0.2) is 53.5 Å². The van der Waals surface area contributed by atoms with E-state index < -0.39 is 11.7 Å². The molecule has 2 aromatic rings. The lowest BCUT2D eigenvalue weighted by Crippen LogP contribution is -2.49. The molecule has 0 bridgehead atoms. The minimum absolute atomic E-state index is 0.127. The standard InChI is InChI=1S/C26H33N3O5/c1-26(2,3)34-25(32)28-11-12-33-22(16-28)17-29-15-19(9-10-23(29)30)24(31)27-21-13-20(14-21)18-7-5-4-6-8-18/h4-10,15,20-22H,11-14,16-17H2,1-3H3,(H,27,31)/t20?,21?,22-/m0/s1. The highest BCUT2D eigenvalue weighted by atomic mass is 16.6. The summed E-state index contributed by atoms with van der Waals surface area (Å²) in [7, 11) is 0. The van der Waals surface area contributed by atoms with E-state index in [4.69, 9.17) is 9.47 Å². The summed E-state index contributed by atoms with van der Waals surface area (Å²) in [6, 6.07) is 13.4. The fraction of sp³-hybridized carbons (Fsp3) is 0.500. The Morgan fingerprint density at radius 1 is 1.12 bits per heavy atom. The molecule has 34 heavy (non-hydrogen) atoms. The van der Waals surface area contributed by atoms with Gasteiger partial charge in [-0.3, -0.25) is 9.59 Å². The van der Waals surface area contributed by atoms with Gasteiger partial charge in [-0.05, 0) is 51.2 Å². The topological polar surface area (TPSA) is 89.9 Å². The number of nitrogens with one attached hydrogen (secondary N) is 1. The van der Waals surface area contributed by atoms with E-state index in [-0.39, 0.29) is 30.2 Å². The fourth-order valence-corrected chi connectivity index (χ4v) is 4.35. The van der Waals surface area contributed by atoms with Gasteiger partial charge in [-0.15, -0.1) is 0 Å². The van der Waals surface area contributed by atoms with E-state index in [1.165, 1.54) is 16.2 Å². The number of aromatic nitrogens is 1. The maximum absolute atomic E-state index is 12.8. The van der Waals surface area contributed by atoms with Crippen molar-refractivity contribution in [1.29, 1.82) is 0 Å². The Morgan fingerprint density at radius 3 is 2.56 bits per heavy atom. The highest BCUT2D eigenvalue weighted by Gasteiger charge is 2.32. The molecule has 1 aliphatic carbocycles. The Balaban J connectivity index is 1.33. The van der Waals surface area contributed by atoms with Crippen LogP contribution < -0.4 is 10.9 Å². The van der Waals surface area contributed by atoms with Gasteiger partial charge in [0.05, 0.1) is 31.4 Å². The van der Waals surface area contributed by atoms with Crippen molar-refractivity contribution in [3.8, 4) is 0 Å². The third-order valence-corrected chi connectivity index (χ3v) is 6.18. The Bertz CT molecular complexity index is 1070. The molecule has 2 aliphatic rings. The molecule has 2 fully saturated rings. The van der Waals surface area contributed by atoms with E-state index in [1.54, 1.807) is 17.2 Å². The van der Waals surface area contributed by atoms with Crippen molar-refractivity contribution in [3.05, 3.63) is 70.1 Å². The van der Waals surface area contributed by atoms with Crippen LogP contribution in [-0.4, -0.2) is 58.9 Å². The van der Waals surface area contributed by atoms with Gasteiger partial charge in [0.15, 0.2) is 0 Å². The van der Waals surface area contributed by atoms with Crippen LogP contribution in [0.5, 0.6) is 0 Å². The van der Waals surface area contributed by atoms with Crippen LogP contribution in [0.4, 0.5) is 4.79 Å². The lowest BCUT2D eigenvalue weighted by Gasteiger charge is -2.36. The van der Waals surface area contributed by atoms with Gasteiger partial charge in [-0.1, -0.05) is 30.3 Å². The van der Waals surface area contributed by atoms with Crippen molar-refractivity contribution in [2.75, 3.05) is 19.7 Å². The van der Waals surface area contributed by atoms with E-state index in [0.29, 0.717) is 31.2 Å². The molecule has 2 heterocycles. The first kappa shape index (κ1) is 24.0. The SMILES string of the molecule is CC(C)(C)OC(=O)N1CCO[C@H](Cn2cc(C(=O)NC3CC(c4ccccc4)C3)ccc2=O)C1. The van der Waals surface area contributed by atoms with Crippen LogP contribution in [0, 0.1) is 0 Å². The Labute approximate surface area is 199 Å². The summed E-state index contributed by atoms with van der Waals surface area (Å²) in [5, 5.41) is 3.07. The van der Waals surface area contributed by atoms with Gasteiger partial charge in [0.25, 0.3) is 11.5 Å². The molecule has 4 rings (SSSR count). The first-order chi connectivity index (χ1) is 16.2. The van der Waals surface area contributed by atoms with E-state index >= 15 is 0 Å². The number of nitrogens with zero attached hydrogens (tertiary/aromatic N) is 2. The third-order valence-electron chi connectivity index (χ3n) is 6.18. The summed E-state index contributed by atoms with van der Waals surface area (Å²) in [6.45, 7) is 6.84. The van der Waals surface area contributed by atoms with Crippen molar-refractivity contribution in [3.63, 3.8) is 0 Å². The van der Waals surface area contributed by atoms with Gasteiger partial charge < -0.3 is 24.3 Å². The molecule has 0 spiro atoms.